The molecule has 1 rings (SSSR count). The zero-order valence-corrected chi connectivity index (χ0v) is 16.4. The van der Waals surface area contributed by atoms with E-state index in [4.69, 9.17) is 9.29 Å². The van der Waals surface area contributed by atoms with Crippen LogP contribution < -0.4 is 4.74 Å². The van der Waals surface area contributed by atoms with Crippen LogP contribution in [0.1, 0.15) is 5.56 Å². The molecule has 22 heavy (non-hydrogen) atoms. The molecule has 1 aromatic carbocycles. The summed E-state index contributed by atoms with van der Waals surface area (Å²) in [6.45, 7) is 2.56. The Morgan fingerprint density at radius 2 is 1.91 bits per heavy atom. The van der Waals surface area contributed by atoms with Crippen molar-refractivity contribution in [2.24, 2.45) is 0 Å². The number of rotatable bonds is 6. The van der Waals surface area contributed by atoms with Gasteiger partial charge in [-0.25, -0.2) is 0 Å². The minimum absolute atomic E-state index is 0.153. The van der Waals surface area contributed by atoms with Gasteiger partial charge in [0.15, 0.2) is 0 Å². The second-order valence-corrected chi connectivity index (χ2v) is 10.2. The molecule has 1 unspecified atom stereocenters. The monoisotopic (exact) mass is 522 g/mol. The molecule has 0 saturated carbocycles. The first-order valence-electron chi connectivity index (χ1n) is 5.63. The van der Waals surface area contributed by atoms with Crippen molar-refractivity contribution in [2.75, 3.05) is 6.61 Å². The van der Waals surface area contributed by atoms with Gasteiger partial charge in [0.25, 0.3) is 0 Å². The summed E-state index contributed by atoms with van der Waals surface area (Å²) in [5.41, 5.74) is 0.790. The SMILES string of the molecule is C=Cc1ccc(OC(=O)COC(=O)[C](F)([Tl])S(=O)(=O)O)cc1. The second kappa shape index (κ2) is 7.28. The van der Waals surface area contributed by atoms with Crippen molar-refractivity contribution in [3.63, 3.8) is 0 Å². The Labute approximate surface area is 141 Å². The predicted octanol–water partition coefficient (Wildman–Crippen LogP) is 0.458. The molecule has 0 aliphatic heterocycles. The zero-order valence-electron chi connectivity index (χ0n) is 11.1. The number of carbonyl (C=O) groups excluding carboxylic acids is 2. The van der Waals surface area contributed by atoms with Crippen LogP contribution in [0.5, 0.6) is 5.75 Å². The molecule has 10 heteroatoms. The van der Waals surface area contributed by atoms with Crippen molar-refractivity contribution in [1.82, 2.24) is 0 Å². The summed E-state index contributed by atoms with van der Waals surface area (Å²) in [6, 6.07) is 6.15. The van der Waals surface area contributed by atoms with E-state index in [1.54, 1.807) is 18.2 Å². The number of hydrogen-bond donors (Lipinski definition) is 1. The van der Waals surface area contributed by atoms with Gasteiger partial charge in [0, 0.05) is 0 Å². The molecule has 0 aliphatic carbocycles. The van der Waals surface area contributed by atoms with Gasteiger partial charge in [0.1, 0.15) is 0 Å². The fraction of sp³-hybridized carbons (Fsp3) is 0.167. The fourth-order valence-electron chi connectivity index (χ4n) is 1.16. The van der Waals surface area contributed by atoms with E-state index in [0.29, 0.717) is 0 Å². The van der Waals surface area contributed by atoms with Crippen LogP contribution in [0.25, 0.3) is 6.08 Å². The van der Waals surface area contributed by atoms with E-state index < -0.39 is 57.0 Å². The van der Waals surface area contributed by atoms with Crippen LogP contribution in [0.15, 0.2) is 30.8 Å². The average Bonchev–Trinajstić information content (AvgIpc) is 2.44. The van der Waals surface area contributed by atoms with E-state index in [1.165, 1.54) is 12.1 Å². The van der Waals surface area contributed by atoms with Crippen molar-refractivity contribution >= 4 is 53.9 Å². The Hall–Kier alpha value is -1.34. The Morgan fingerprint density at radius 3 is 2.36 bits per heavy atom. The average molecular weight is 522 g/mol. The molecule has 0 aromatic heterocycles. The van der Waals surface area contributed by atoms with Crippen LogP contribution in [0.2, 0.25) is 0 Å². The first-order valence-corrected chi connectivity index (χ1v) is 9.31. The Kier molecular flexibility index (Phi) is 6.19. The maximum atomic E-state index is 13.6. The number of ether oxygens (including phenoxy) is 2. The van der Waals surface area contributed by atoms with E-state index in [1.807, 2.05) is 0 Å². The van der Waals surface area contributed by atoms with Gasteiger partial charge < -0.3 is 0 Å². The molecule has 0 saturated heterocycles. The fourth-order valence-corrected chi connectivity index (χ4v) is 1.75. The van der Waals surface area contributed by atoms with Crippen LogP contribution in [-0.2, 0) is 24.4 Å². The summed E-state index contributed by atoms with van der Waals surface area (Å²) < 4.78 is 49.0. The third kappa shape index (κ3) is 4.85. The van der Waals surface area contributed by atoms with Crippen LogP contribution >= 0.6 is 0 Å². The number of carbonyl (C=O) groups is 2. The summed E-state index contributed by atoms with van der Waals surface area (Å²) in [6.07, 6.45) is 1.58. The number of esters is 2. The summed E-state index contributed by atoms with van der Waals surface area (Å²) in [5.74, 6) is -2.73. The van der Waals surface area contributed by atoms with Gasteiger partial charge in [-0.15, -0.1) is 0 Å². The van der Waals surface area contributed by atoms with Gasteiger partial charge in [0.2, 0.25) is 0 Å². The van der Waals surface area contributed by atoms with Crippen LogP contribution in [0, 0.1) is 0 Å². The molecule has 0 amide bonds. The first kappa shape index (κ1) is 18.7. The minimum atomic E-state index is -5.24. The number of halogens is 1. The molecule has 0 heterocycles. The standard InChI is InChI=1S/C12H10FO7S.Tl/c1-2-8-3-5-9(6-4-8)20-10(14)7-19-12(15)11(13)21(16,17)18;/h2-6H,1,7H2,(H,16,17,18);. The van der Waals surface area contributed by atoms with Gasteiger partial charge in [0.05, 0.1) is 0 Å². The number of benzene rings is 1. The molecule has 0 bridgehead atoms. The van der Waals surface area contributed by atoms with Crippen molar-refractivity contribution in [1.29, 1.82) is 0 Å². The molecule has 0 spiro atoms. The van der Waals surface area contributed by atoms with Crippen LogP contribution in [-0.4, -0.2) is 59.8 Å². The Bertz CT molecular complexity index is 682. The molecule has 7 nitrogen and oxygen atoms in total. The van der Waals surface area contributed by atoms with Gasteiger partial charge in [-0.2, -0.15) is 0 Å². The Morgan fingerprint density at radius 1 is 1.36 bits per heavy atom. The summed E-state index contributed by atoms with van der Waals surface area (Å²) >= 11 is -1.09. The van der Waals surface area contributed by atoms with Crippen molar-refractivity contribution in [3.8, 4) is 5.75 Å². The third-order valence-electron chi connectivity index (χ3n) is 2.32. The van der Waals surface area contributed by atoms with Crippen LogP contribution in [0.3, 0.4) is 0 Å². The van der Waals surface area contributed by atoms with Crippen LogP contribution in [0.4, 0.5) is 4.39 Å². The second-order valence-electron chi connectivity index (χ2n) is 3.94. The van der Waals surface area contributed by atoms with Gasteiger partial charge in [-0.1, -0.05) is 0 Å². The Balaban J connectivity index is 2.59. The molecule has 1 aromatic rings. The molecular formula is C12H10FO7STl. The normalized spacial score (nSPS) is 13.7. The summed E-state index contributed by atoms with van der Waals surface area (Å²) in [7, 11) is -5.24. The van der Waals surface area contributed by atoms with E-state index in [0.717, 1.165) is 5.56 Å². The quantitative estimate of drug-likeness (QED) is 0.251. The predicted molar refractivity (Wildman–Crippen MR) is 74.3 cm³/mol. The van der Waals surface area contributed by atoms with Crippen molar-refractivity contribution in [2.45, 2.75) is 2.56 Å². The molecular weight excluding hydrogens is 512 g/mol. The van der Waals surface area contributed by atoms with Gasteiger partial charge in [-0.05, 0) is 0 Å². The number of hydrogen-bond acceptors (Lipinski definition) is 6. The van der Waals surface area contributed by atoms with Crippen molar-refractivity contribution in [3.05, 3.63) is 36.4 Å². The van der Waals surface area contributed by atoms with Crippen molar-refractivity contribution < 1.29 is 36.4 Å². The molecule has 1 N–H and O–H groups in total. The molecule has 0 aliphatic rings. The van der Waals surface area contributed by atoms with E-state index in [2.05, 4.69) is 11.3 Å². The van der Waals surface area contributed by atoms with Gasteiger partial charge in [-0.3, -0.25) is 0 Å². The zero-order chi connectivity index (χ0) is 17.0. The molecule has 0 radical (unpaired) electrons. The maximum absolute atomic E-state index is 13.6. The summed E-state index contributed by atoms with van der Waals surface area (Å²) in [4.78, 5) is 22.6. The van der Waals surface area contributed by atoms with Gasteiger partial charge >= 0.3 is 142 Å². The molecule has 1 atom stereocenters. The van der Waals surface area contributed by atoms with E-state index in [-0.39, 0.29) is 5.75 Å². The molecule has 0 fully saturated rings. The third-order valence-corrected chi connectivity index (χ3v) is 7.63. The first-order chi connectivity index (χ1) is 10.1. The number of alkyl halides is 1. The summed E-state index contributed by atoms with van der Waals surface area (Å²) in [5, 5.41) is 0. The topological polar surface area (TPSA) is 107 Å². The van der Waals surface area contributed by atoms with E-state index in [9.17, 15) is 22.4 Å². The molecule has 116 valence electrons. The van der Waals surface area contributed by atoms with E-state index >= 15 is 0 Å².